The van der Waals surface area contributed by atoms with Crippen molar-refractivity contribution in [3.63, 3.8) is 0 Å². The summed E-state index contributed by atoms with van der Waals surface area (Å²) in [5.41, 5.74) is 5.29. The molecule has 134 valence electrons. The summed E-state index contributed by atoms with van der Waals surface area (Å²) >= 11 is 1.70. The van der Waals surface area contributed by atoms with Crippen LogP contribution in [0.5, 0.6) is 0 Å². The summed E-state index contributed by atoms with van der Waals surface area (Å²) in [7, 11) is 0. The van der Waals surface area contributed by atoms with Crippen molar-refractivity contribution in [2.45, 2.75) is 31.7 Å². The van der Waals surface area contributed by atoms with Crippen molar-refractivity contribution in [3.8, 4) is 0 Å². The fourth-order valence-corrected chi connectivity index (χ4v) is 3.92. The molecule has 3 rings (SSSR count). The van der Waals surface area contributed by atoms with Crippen LogP contribution in [0.3, 0.4) is 0 Å². The Hall–Kier alpha value is -2.35. The molecule has 25 heavy (non-hydrogen) atoms. The van der Waals surface area contributed by atoms with Crippen molar-refractivity contribution in [2.24, 2.45) is 5.73 Å². The number of amides is 3. The van der Waals surface area contributed by atoms with E-state index in [0.717, 1.165) is 31.6 Å². The van der Waals surface area contributed by atoms with Crippen LogP contribution in [0.15, 0.2) is 29.9 Å². The highest BCUT2D eigenvalue weighted by molar-refractivity contribution is 7.09. The Balaban J connectivity index is 1.54. The van der Waals surface area contributed by atoms with Crippen molar-refractivity contribution < 1.29 is 9.59 Å². The monoisotopic (exact) mass is 361 g/mol. The van der Waals surface area contributed by atoms with E-state index in [-0.39, 0.29) is 18.5 Å². The number of rotatable bonds is 6. The maximum absolute atomic E-state index is 12.4. The van der Waals surface area contributed by atoms with Gasteiger partial charge in [0.15, 0.2) is 0 Å². The molecular weight excluding hydrogens is 338 g/mol. The van der Waals surface area contributed by atoms with Gasteiger partial charge in [0.1, 0.15) is 12.4 Å². The van der Waals surface area contributed by atoms with Gasteiger partial charge in [-0.15, -0.1) is 11.3 Å². The van der Waals surface area contributed by atoms with E-state index in [1.807, 2.05) is 16.3 Å². The van der Waals surface area contributed by atoms with E-state index in [9.17, 15) is 9.59 Å². The molecule has 1 fully saturated rings. The number of carbonyl (C=O) groups excluding carboxylic acids is 2. The number of piperidine rings is 1. The fraction of sp³-hybridized carbons (Fsp3) is 0.471. The molecule has 0 bridgehead atoms. The topological polar surface area (TPSA) is 93.2 Å². The highest BCUT2D eigenvalue weighted by Gasteiger charge is 2.27. The van der Waals surface area contributed by atoms with Gasteiger partial charge in [-0.05, 0) is 30.7 Å². The van der Waals surface area contributed by atoms with Crippen LogP contribution in [0.2, 0.25) is 0 Å². The third kappa shape index (κ3) is 4.60. The van der Waals surface area contributed by atoms with Crippen molar-refractivity contribution in [1.29, 1.82) is 0 Å². The van der Waals surface area contributed by atoms with Crippen molar-refractivity contribution in [1.82, 2.24) is 19.8 Å². The van der Waals surface area contributed by atoms with Gasteiger partial charge in [0.2, 0.25) is 5.91 Å². The Morgan fingerprint density at radius 1 is 1.44 bits per heavy atom. The van der Waals surface area contributed by atoms with Crippen LogP contribution in [-0.4, -0.2) is 46.0 Å². The summed E-state index contributed by atoms with van der Waals surface area (Å²) in [6.45, 7) is 2.12. The molecule has 8 heteroatoms. The molecule has 0 unspecified atom stereocenters. The number of hydrogen-bond acceptors (Lipinski definition) is 4. The molecule has 0 radical (unpaired) electrons. The molecule has 3 heterocycles. The Kier molecular flexibility index (Phi) is 5.70. The van der Waals surface area contributed by atoms with Crippen LogP contribution in [-0.2, 0) is 17.8 Å². The van der Waals surface area contributed by atoms with Crippen LogP contribution >= 0.6 is 11.3 Å². The third-order valence-electron chi connectivity index (χ3n) is 4.38. The minimum atomic E-state index is -0.391. The van der Waals surface area contributed by atoms with Gasteiger partial charge in [0.25, 0.3) is 0 Å². The molecule has 3 N–H and O–H groups in total. The van der Waals surface area contributed by atoms with Gasteiger partial charge in [-0.25, -0.2) is 9.78 Å². The number of imidazole rings is 1. The molecule has 7 nitrogen and oxygen atoms in total. The van der Waals surface area contributed by atoms with E-state index >= 15 is 0 Å². The number of nitrogens with one attached hydrogen (secondary N) is 1. The quantitative estimate of drug-likeness (QED) is 0.818. The number of nitrogens with zero attached hydrogens (tertiary/aromatic N) is 3. The molecule has 2 aromatic heterocycles. The first-order valence-electron chi connectivity index (χ1n) is 8.48. The SMILES string of the molecule is NC(=O)Cn1ccnc1[C@H]1CCCN(C(=O)NCCc2cccs2)C1. The fourth-order valence-electron chi connectivity index (χ4n) is 3.21. The Labute approximate surface area is 150 Å². The predicted octanol–water partition coefficient (Wildman–Crippen LogP) is 1.56. The average molecular weight is 361 g/mol. The minimum absolute atomic E-state index is 0.0331. The highest BCUT2D eigenvalue weighted by atomic mass is 32.1. The lowest BCUT2D eigenvalue weighted by Gasteiger charge is -2.32. The van der Waals surface area contributed by atoms with E-state index < -0.39 is 5.91 Å². The lowest BCUT2D eigenvalue weighted by molar-refractivity contribution is -0.118. The molecule has 0 spiro atoms. The van der Waals surface area contributed by atoms with Crippen molar-refractivity contribution in [3.05, 3.63) is 40.6 Å². The third-order valence-corrected chi connectivity index (χ3v) is 5.31. The van der Waals surface area contributed by atoms with E-state index in [1.54, 1.807) is 28.3 Å². The van der Waals surface area contributed by atoms with E-state index in [0.29, 0.717) is 13.1 Å². The van der Waals surface area contributed by atoms with Gasteiger partial charge < -0.3 is 20.5 Å². The number of hydrogen-bond donors (Lipinski definition) is 2. The van der Waals surface area contributed by atoms with Crippen LogP contribution in [0.25, 0.3) is 0 Å². The summed E-state index contributed by atoms with van der Waals surface area (Å²) in [6.07, 6.45) is 6.17. The standard InChI is InChI=1S/C17H23N5O2S/c18-15(23)12-21-9-7-19-16(21)13-3-1-8-22(11-13)17(24)20-6-5-14-4-2-10-25-14/h2,4,7,9-10,13H,1,3,5-6,8,11-12H2,(H2,18,23)(H,20,24)/t13-/m0/s1. The largest absolute Gasteiger partial charge is 0.368 e. The molecule has 2 aromatic rings. The molecule has 0 aromatic carbocycles. The zero-order valence-electron chi connectivity index (χ0n) is 14.1. The number of nitrogens with two attached hydrogens (primary N) is 1. The van der Waals surface area contributed by atoms with Crippen molar-refractivity contribution in [2.75, 3.05) is 19.6 Å². The van der Waals surface area contributed by atoms with Gasteiger partial charge in [0, 0.05) is 42.8 Å². The first-order chi connectivity index (χ1) is 12.1. The molecule has 1 saturated heterocycles. The lowest BCUT2D eigenvalue weighted by atomic mass is 9.97. The second kappa shape index (κ2) is 8.15. The second-order valence-electron chi connectivity index (χ2n) is 6.23. The van der Waals surface area contributed by atoms with Gasteiger partial charge in [-0.3, -0.25) is 4.79 Å². The maximum atomic E-state index is 12.4. The summed E-state index contributed by atoms with van der Waals surface area (Å²) in [5.74, 6) is 0.569. The van der Waals surface area contributed by atoms with Crippen LogP contribution in [0, 0.1) is 0 Å². The Morgan fingerprint density at radius 2 is 2.32 bits per heavy atom. The zero-order valence-corrected chi connectivity index (χ0v) is 14.9. The summed E-state index contributed by atoms with van der Waals surface area (Å²) in [4.78, 5) is 31.1. The van der Waals surface area contributed by atoms with Crippen LogP contribution in [0.4, 0.5) is 4.79 Å². The Morgan fingerprint density at radius 3 is 3.08 bits per heavy atom. The zero-order chi connectivity index (χ0) is 17.6. The number of aromatic nitrogens is 2. The molecule has 1 aliphatic rings. The molecule has 0 saturated carbocycles. The van der Waals surface area contributed by atoms with E-state index in [4.69, 9.17) is 5.73 Å². The van der Waals surface area contributed by atoms with Gasteiger partial charge in [-0.1, -0.05) is 6.07 Å². The smallest absolute Gasteiger partial charge is 0.317 e. The average Bonchev–Trinajstić information content (AvgIpc) is 3.26. The summed E-state index contributed by atoms with van der Waals surface area (Å²) in [5, 5.41) is 5.04. The van der Waals surface area contributed by atoms with E-state index in [2.05, 4.69) is 16.4 Å². The van der Waals surface area contributed by atoms with E-state index in [1.165, 1.54) is 4.88 Å². The number of primary amides is 1. The highest BCUT2D eigenvalue weighted by Crippen LogP contribution is 2.25. The van der Waals surface area contributed by atoms with Crippen LogP contribution < -0.4 is 11.1 Å². The molecule has 0 aliphatic carbocycles. The first-order valence-corrected chi connectivity index (χ1v) is 9.36. The Bertz CT molecular complexity index is 712. The van der Waals surface area contributed by atoms with Gasteiger partial charge >= 0.3 is 6.03 Å². The number of carbonyl (C=O) groups is 2. The maximum Gasteiger partial charge on any atom is 0.317 e. The molecule has 3 amide bonds. The van der Waals surface area contributed by atoms with Crippen molar-refractivity contribution >= 4 is 23.3 Å². The summed E-state index contributed by atoms with van der Waals surface area (Å²) < 4.78 is 1.78. The summed E-state index contributed by atoms with van der Waals surface area (Å²) in [6, 6.07) is 4.06. The lowest BCUT2D eigenvalue weighted by Crippen LogP contribution is -2.45. The van der Waals surface area contributed by atoms with Gasteiger partial charge in [0.05, 0.1) is 0 Å². The molecule has 1 atom stereocenters. The second-order valence-corrected chi connectivity index (χ2v) is 7.26. The number of urea groups is 1. The molecule has 1 aliphatic heterocycles. The predicted molar refractivity (Wildman–Crippen MR) is 96.4 cm³/mol. The first kappa shape index (κ1) is 17.5. The normalized spacial score (nSPS) is 17.4. The van der Waals surface area contributed by atoms with Crippen LogP contribution in [0.1, 0.15) is 29.5 Å². The van der Waals surface area contributed by atoms with Gasteiger partial charge in [-0.2, -0.15) is 0 Å². The molecular formula is C17H23N5O2S. The number of likely N-dealkylation sites (tertiary alicyclic amines) is 1. The number of thiophene rings is 1. The minimum Gasteiger partial charge on any atom is -0.368 e.